The summed E-state index contributed by atoms with van der Waals surface area (Å²) in [7, 11) is -3.07. The van der Waals surface area contributed by atoms with Crippen molar-refractivity contribution >= 4 is 21.2 Å². The topological polar surface area (TPSA) is 66.4 Å². The maximum absolute atomic E-state index is 11.5. The van der Waals surface area contributed by atoms with E-state index in [2.05, 4.69) is 16.8 Å². The lowest BCUT2D eigenvalue weighted by Gasteiger charge is -2.27. The zero-order chi connectivity index (χ0) is 12.8. The minimum atomic E-state index is -3.07. The van der Waals surface area contributed by atoms with Gasteiger partial charge in [0.2, 0.25) is 0 Å². The summed E-state index contributed by atoms with van der Waals surface area (Å²) in [6.45, 7) is 0. The molecule has 1 fully saturated rings. The van der Waals surface area contributed by atoms with Crippen LogP contribution in [0.1, 0.15) is 29.3 Å². The van der Waals surface area contributed by atoms with Crippen LogP contribution in [0, 0.1) is 0 Å². The second-order valence-corrected chi connectivity index (χ2v) is 8.32. The Balaban J connectivity index is 1.76. The zero-order valence-corrected chi connectivity index (χ0v) is 11.6. The molecule has 0 bridgehead atoms. The van der Waals surface area contributed by atoms with Gasteiger partial charge in [0.05, 0.1) is 17.6 Å². The standard InChI is InChI=1S/C12H17NO3S2/c14-11-7-18(15,16)6-10(11)13-9-2-1-3-12-8(9)4-5-17-12/h4-5,9-11,13-14H,1-3,6-7H2. The van der Waals surface area contributed by atoms with E-state index in [0.29, 0.717) is 0 Å². The third-order valence-corrected chi connectivity index (χ3v) is 6.50. The second-order valence-electron chi connectivity index (χ2n) is 5.16. The van der Waals surface area contributed by atoms with Gasteiger partial charge < -0.3 is 10.4 Å². The highest BCUT2D eigenvalue weighted by Crippen LogP contribution is 2.34. The van der Waals surface area contributed by atoms with Crippen LogP contribution >= 0.6 is 11.3 Å². The molecular weight excluding hydrogens is 270 g/mol. The van der Waals surface area contributed by atoms with Crippen molar-refractivity contribution in [2.24, 2.45) is 0 Å². The minimum absolute atomic E-state index is 0.0597. The Bertz CT molecular complexity index is 537. The number of thiophene rings is 1. The highest BCUT2D eigenvalue weighted by molar-refractivity contribution is 7.91. The highest BCUT2D eigenvalue weighted by atomic mass is 32.2. The Labute approximate surface area is 111 Å². The fraction of sp³-hybridized carbons (Fsp3) is 0.667. The fourth-order valence-corrected chi connectivity index (χ4v) is 5.65. The van der Waals surface area contributed by atoms with E-state index in [1.54, 1.807) is 11.3 Å². The van der Waals surface area contributed by atoms with Gasteiger partial charge in [-0.05, 0) is 36.3 Å². The van der Waals surface area contributed by atoms with E-state index in [4.69, 9.17) is 0 Å². The molecule has 4 nitrogen and oxygen atoms in total. The Morgan fingerprint density at radius 1 is 1.39 bits per heavy atom. The molecule has 0 radical (unpaired) electrons. The molecule has 3 rings (SSSR count). The average molecular weight is 287 g/mol. The number of nitrogens with one attached hydrogen (secondary N) is 1. The molecule has 1 saturated heterocycles. The molecule has 0 saturated carbocycles. The molecule has 100 valence electrons. The second kappa shape index (κ2) is 4.59. The number of rotatable bonds is 2. The Hall–Kier alpha value is -0.430. The average Bonchev–Trinajstić information content (AvgIpc) is 2.84. The highest BCUT2D eigenvalue weighted by Gasteiger charge is 2.38. The number of hydrogen-bond acceptors (Lipinski definition) is 5. The van der Waals surface area contributed by atoms with E-state index in [1.165, 1.54) is 10.4 Å². The van der Waals surface area contributed by atoms with E-state index >= 15 is 0 Å². The lowest BCUT2D eigenvalue weighted by molar-refractivity contribution is 0.157. The maximum atomic E-state index is 11.5. The monoisotopic (exact) mass is 287 g/mol. The maximum Gasteiger partial charge on any atom is 0.154 e. The van der Waals surface area contributed by atoms with Gasteiger partial charge >= 0.3 is 0 Å². The van der Waals surface area contributed by atoms with Crippen LogP contribution in [0.25, 0.3) is 0 Å². The smallest absolute Gasteiger partial charge is 0.154 e. The van der Waals surface area contributed by atoms with Crippen molar-refractivity contribution in [3.63, 3.8) is 0 Å². The zero-order valence-electron chi connectivity index (χ0n) is 10.0. The lowest BCUT2D eigenvalue weighted by Crippen LogP contribution is -2.41. The summed E-state index contributed by atoms with van der Waals surface area (Å²) < 4.78 is 23.0. The van der Waals surface area contributed by atoms with Crippen molar-refractivity contribution in [2.45, 2.75) is 37.5 Å². The molecular formula is C12H17NO3S2. The van der Waals surface area contributed by atoms with E-state index in [0.717, 1.165) is 19.3 Å². The number of aliphatic hydroxyl groups is 1. The summed E-state index contributed by atoms with van der Waals surface area (Å²) in [4.78, 5) is 1.40. The van der Waals surface area contributed by atoms with Crippen LogP contribution in [0.5, 0.6) is 0 Å². The molecule has 1 aliphatic carbocycles. The third-order valence-electron chi connectivity index (χ3n) is 3.79. The SMILES string of the molecule is O=S1(=O)CC(O)C(NC2CCCc3sccc32)C1. The van der Waals surface area contributed by atoms with E-state index in [9.17, 15) is 13.5 Å². The molecule has 6 heteroatoms. The Kier molecular flexibility index (Phi) is 3.21. The summed E-state index contributed by atoms with van der Waals surface area (Å²) in [6, 6.07) is 2.01. The molecule has 0 aromatic carbocycles. The Morgan fingerprint density at radius 3 is 2.94 bits per heavy atom. The van der Waals surface area contributed by atoms with Gasteiger partial charge in [0.25, 0.3) is 0 Å². The number of fused-ring (bicyclic) bond motifs is 1. The molecule has 2 aliphatic rings. The van der Waals surface area contributed by atoms with Gasteiger partial charge in [-0.25, -0.2) is 8.42 Å². The van der Waals surface area contributed by atoms with E-state index < -0.39 is 15.9 Å². The first-order valence-corrected chi connectivity index (χ1v) is 8.96. The fourth-order valence-electron chi connectivity index (χ4n) is 2.91. The summed E-state index contributed by atoms with van der Waals surface area (Å²) >= 11 is 1.77. The third kappa shape index (κ3) is 2.34. The van der Waals surface area contributed by atoms with Gasteiger partial charge in [0.1, 0.15) is 0 Å². The van der Waals surface area contributed by atoms with Crippen molar-refractivity contribution in [3.05, 3.63) is 21.9 Å². The van der Waals surface area contributed by atoms with Crippen LogP contribution in [0.4, 0.5) is 0 Å². The van der Waals surface area contributed by atoms with Crippen molar-refractivity contribution < 1.29 is 13.5 Å². The number of aliphatic hydroxyl groups excluding tert-OH is 1. The summed E-state index contributed by atoms with van der Waals surface area (Å²) in [5.41, 5.74) is 1.29. The molecule has 3 unspecified atom stereocenters. The number of hydrogen-bond donors (Lipinski definition) is 2. The van der Waals surface area contributed by atoms with Crippen LogP contribution in [0.3, 0.4) is 0 Å². The van der Waals surface area contributed by atoms with Crippen LogP contribution in [-0.2, 0) is 16.3 Å². The molecule has 2 N–H and O–H groups in total. The molecule has 2 heterocycles. The van der Waals surface area contributed by atoms with Gasteiger partial charge in [-0.1, -0.05) is 0 Å². The van der Waals surface area contributed by atoms with Gasteiger partial charge in [-0.15, -0.1) is 11.3 Å². The molecule has 1 aliphatic heterocycles. The van der Waals surface area contributed by atoms with E-state index in [1.807, 2.05) is 0 Å². The van der Waals surface area contributed by atoms with Crippen LogP contribution in [0.15, 0.2) is 11.4 Å². The molecule has 1 aromatic heterocycles. The van der Waals surface area contributed by atoms with Crippen LogP contribution in [-0.4, -0.2) is 37.2 Å². The first-order chi connectivity index (χ1) is 8.55. The first kappa shape index (κ1) is 12.6. The molecule has 0 spiro atoms. The first-order valence-electron chi connectivity index (χ1n) is 6.26. The predicted octanol–water partition coefficient (Wildman–Crippen LogP) is 0.873. The summed E-state index contributed by atoms with van der Waals surface area (Å²) in [5, 5.41) is 15.2. The molecule has 3 atom stereocenters. The quantitative estimate of drug-likeness (QED) is 0.847. The predicted molar refractivity (Wildman–Crippen MR) is 71.6 cm³/mol. The summed E-state index contributed by atoms with van der Waals surface area (Å²) in [5.74, 6) is -0.0436. The van der Waals surface area contributed by atoms with Crippen molar-refractivity contribution in [1.82, 2.24) is 5.32 Å². The van der Waals surface area contributed by atoms with Gasteiger partial charge in [-0.2, -0.15) is 0 Å². The number of sulfone groups is 1. The minimum Gasteiger partial charge on any atom is -0.390 e. The summed E-state index contributed by atoms with van der Waals surface area (Å²) in [6.07, 6.45) is 2.50. The Morgan fingerprint density at radius 2 is 2.22 bits per heavy atom. The number of aryl methyl sites for hydroxylation is 1. The van der Waals surface area contributed by atoms with Gasteiger partial charge in [-0.3, -0.25) is 0 Å². The van der Waals surface area contributed by atoms with Crippen molar-refractivity contribution in [1.29, 1.82) is 0 Å². The largest absolute Gasteiger partial charge is 0.390 e. The van der Waals surface area contributed by atoms with Crippen LogP contribution in [0.2, 0.25) is 0 Å². The normalized spacial score (nSPS) is 34.4. The van der Waals surface area contributed by atoms with Crippen molar-refractivity contribution in [2.75, 3.05) is 11.5 Å². The van der Waals surface area contributed by atoms with Gasteiger partial charge in [0.15, 0.2) is 9.84 Å². The van der Waals surface area contributed by atoms with E-state index in [-0.39, 0.29) is 23.6 Å². The van der Waals surface area contributed by atoms with Gasteiger partial charge in [0, 0.05) is 17.0 Å². The van der Waals surface area contributed by atoms with Crippen molar-refractivity contribution in [3.8, 4) is 0 Å². The molecule has 0 amide bonds. The lowest BCUT2D eigenvalue weighted by atomic mass is 9.93. The molecule has 1 aromatic rings. The molecule has 18 heavy (non-hydrogen) atoms. The van der Waals surface area contributed by atoms with Crippen LogP contribution < -0.4 is 5.32 Å².